The number of piperidine rings is 1. The predicted octanol–water partition coefficient (Wildman–Crippen LogP) is 2.71. The van der Waals surface area contributed by atoms with Crippen LogP contribution in [0.2, 0.25) is 5.02 Å². The fraction of sp³-hybridized carbons (Fsp3) is 0.579. The number of nitrogens with zero attached hydrogens (tertiary/aromatic N) is 2. The van der Waals surface area contributed by atoms with Gasteiger partial charge in [-0.25, -0.2) is 0 Å². The van der Waals surface area contributed by atoms with E-state index in [0.717, 1.165) is 37.9 Å². The molecule has 0 atom stereocenters. The van der Waals surface area contributed by atoms with Crippen molar-refractivity contribution in [2.45, 2.75) is 32.2 Å². The van der Waals surface area contributed by atoms with E-state index in [0.29, 0.717) is 37.0 Å². The summed E-state index contributed by atoms with van der Waals surface area (Å²) in [6, 6.07) is 7.57. The summed E-state index contributed by atoms with van der Waals surface area (Å²) in [4.78, 5) is 28.3. The van der Waals surface area contributed by atoms with Crippen LogP contribution in [0.25, 0.3) is 0 Å². The third-order valence-electron chi connectivity index (χ3n) is 5.16. The van der Waals surface area contributed by atoms with Crippen LogP contribution in [0.15, 0.2) is 24.3 Å². The van der Waals surface area contributed by atoms with Crippen molar-refractivity contribution < 1.29 is 9.59 Å². The lowest BCUT2D eigenvalue weighted by atomic mass is 9.93. The highest BCUT2D eigenvalue weighted by atomic mass is 35.5. The first-order valence-corrected chi connectivity index (χ1v) is 9.50. The van der Waals surface area contributed by atoms with Gasteiger partial charge in [-0.05, 0) is 56.0 Å². The minimum Gasteiger partial charge on any atom is -0.335 e. The van der Waals surface area contributed by atoms with Crippen LogP contribution in [0.5, 0.6) is 0 Å². The van der Waals surface area contributed by atoms with Crippen molar-refractivity contribution in [3.63, 3.8) is 0 Å². The van der Waals surface area contributed by atoms with Crippen LogP contribution in [-0.4, -0.2) is 54.3 Å². The van der Waals surface area contributed by atoms with E-state index in [1.54, 1.807) is 4.90 Å². The van der Waals surface area contributed by atoms with Gasteiger partial charge in [0.15, 0.2) is 0 Å². The number of hydrogen-bond donors (Lipinski definition) is 1. The van der Waals surface area contributed by atoms with Crippen LogP contribution in [0.3, 0.4) is 0 Å². The van der Waals surface area contributed by atoms with Crippen molar-refractivity contribution in [3.05, 3.63) is 34.9 Å². The van der Waals surface area contributed by atoms with Gasteiger partial charge in [0.2, 0.25) is 11.8 Å². The third-order valence-corrected chi connectivity index (χ3v) is 5.39. The molecule has 5 nitrogen and oxygen atoms in total. The summed E-state index contributed by atoms with van der Waals surface area (Å²) in [6.07, 6.45) is 3.81. The summed E-state index contributed by atoms with van der Waals surface area (Å²) in [5.41, 5.74) is 1.02. The molecular formula is C19H27Cl2N3O2. The summed E-state index contributed by atoms with van der Waals surface area (Å²) in [5, 5.41) is 4.02. The van der Waals surface area contributed by atoms with Crippen LogP contribution >= 0.6 is 24.0 Å². The topological polar surface area (TPSA) is 52.7 Å². The zero-order valence-electron chi connectivity index (χ0n) is 15.0. The molecule has 1 aromatic carbocycles. The number of halogens is 2. The first kappa shape index (κ1) is 21.0. The lowest BCUT2D eigenvalue weighted by Crippen LogP contribution is -2.51. The number of benzene rings is 1. The number of carbonyl (C=O) groups excluding carboxylic acids is 2. The number of amides is 2. The van der Waals surface area contributed by atoms with E-state index in [-0.39, 0.29) is 30.8 Å². The van der Waals surface area contributed by atoms with Gasteiger partial charge in [0.25, 0.3) is 0 Å². The largest absolute Gasteiger partial charge is 0.335 e. The average Bonchev–Trinajstić information content (AvgIpc) is 2.62. The van der Waals surface area contributed by atoms with E-state index in [2.05, 4.69) is 5.32 Å². The molecule has 0 spiro atoms. The smallest absolute Gasteiger partial charge is 0.242 e. The zero-order valence-corrected chi connectivity index (χ0v) is 16.5. The Morgan fingerprint density at radius 2 is 2.00 bits per heavy atom. The Balaban J connectivity index is 0.00000243. The Labute approximate surface area is 166 Å². The Bertz CT molecular complexity index is 621. The Kier molecular flexibility index (Phi) is 8.19. The minimum atomic E-state index is 0. The molecule has 26 heavy (non-hydrogen) atoms. The fourth-order valence-corrected chi connectivity index (χ4v) is 3.81. The normalized spacial score (nSPS) is 18.6. The van der Waals surface area contributed by atoms with Gasteiger partial charge in [0, 0.05) is 31.1 Å². The van der Waals surface area contributed by atoms with E-state index >= 15 is 0 Å². The summed E-state index contributed by atoms with van der Waals surface area (Å²) in [5.74, 6) is 0.778. The second-order valence-corrected chi connectivity index (χ2v) is 7.43. The Morgan fingerprint density at radius 3 is 2.69 bits per heavy atom. The molecule has 1 aromatic rings. The van der Waals surface area contributed by atoms with Gasteiger partial charge < -0.3 is 15.1 Å². The van der Waals surface area contributed by atoms with Crippen LogP contribution in [0.4, 0.5) is 0 Å². The maximum absolute atomic E-state index is 12.4. The van der Waals surface area contributed by atoms with Gasteiger partial charge in [-0.15, -0.1) is 12.4 Å². The molecule has 0 aliphatic carbocycles. The standard InChI is InChI=1S/C19H26ClN3O2.ClH/c20-17-3-1-2-16(12-17)13-22-10-11-23(14-19(22)25)18(24)5-4-15-6-8-21-9-7-15;/h1-3,12,15,21H,4-11,13-14H2;1H. The maximum atomic E-state index is 12.4. The van der Waals surface area contributed by atoms with Gasteiger partial charge in [-0.2, -0.15) is 0 Å². The molecule has 2 aliphatic heterocycles. The second-order valence-electron chi connectivity index (χ2n) is 6.99. The van der Waals surface area contributed by atoms with Crippen molar-refractivity contribution in [1.29, 1.82) is 0 Å². The van der Waals surface area contributed by atoms with Gasteiger partial charge in [-0.3, -0.25) is 9.59 Å². The molecule has 0 saturated carbocycles. The molecule has 3 rings (SSSR count). The van der Waals surface area contributed by atoms with E-state index in [4.69, 9.17) is 11.6 Å². The Hall–Kier alpha value is -1.30. The van der Waals surface area contributed by atoms with Crippen molar-refractivity contribution in [1.82, 2.24) is 15.1 Å². The molecular weight excluding hydrogens is 373 g/mol. The molecule has 0 unspecified atom stereocenters. The second kappa shape index (κ2) is 10.1. The predicted molar refractivity (Wildman–Crippen MR) is 106 cm³/mol. The molecule has 2 amide bonds. The monoisotopic (exact) mass is 399 g/mol. The molecule has 2 fully saturated rings. The molecule has 0 aromatic heterocycles. The minimum absolute atomic E-state index is 0. The fourth-order valence-electron chi connectivity index (χ4n) is 3.60. The molecule has 2 saturated heterocycles. The lowest BCUT2D eigenvalue weighted by Gasteiger charge is -2.35. The summed E-state index contributed by atoms with van der Waals surface area (Å²) in [7, 11) is 0. The van der Waals surface area contributed by atoms with Crippen molar-refractivity contribution in [3.8, 4) is 0 Å². The van der Waals surface area contributed by atoms with Crippen LogP contribution in [0, 0.1) is 5.92 Å². The lowest BCUT2D eigenvalue weighted by molar-refractivity contribution is -0.145. The van der Waals surface area contributed by atoms with Crippen molar-refractivity contribution in [2.24, 2.45) is 5.92 Å². The highest BCUT2D eigenvalue weighted by molar-refractivity contribution is 6.30. The van der Waals surface area contributed by atoms with E-state index in [9.17, 15) is 9.59 Å². The third kappa shape index (κ3) is 5.86. The Morgan fingerprint density at radius 1 is 1.23 bits per heavy atom. The number of carbonyl (C=O) groups is 2. The zero-order chi connectivity index (χ0) is 17.6. The number of nitrogens with one attached hydrogen (secondary N) is 1. The highest BCUT2D eigenvalue weighted by Gasteiger charge is 2.27. The van der Waals surface area contributed by atoms with Gasteiger partial charge in [0.05, 0.1) is 6.54 Å². The SMILES string of the molecule is Cl.O=C(CCC1CCNCC1)N1CCN(Cc2cccc(Cl)c2)C(=O)C1. The van der Waals surface area contributed by atoms with Gasteiger partial charge in [-0.1, -0.05) is 23.7 Å². The van der Waals surface area contributed by atoms with Crippen LogP contribution in [-0.2, 0) is 16.1 Å². The summed E-state index contributed by atoms with van der Waals surface area (Å²) in [6.45, 7) is 4.07. The maximum Gasteiger partial charge on any atom is 0.242 e. The molecule has 1 N–H and O–H groups in total. The molecule has 144 valence electrons. The van der Waals surface area contributed by atoms with Crippen LogP contribution < -0.4 is 5.32 Å². The molecule has 2 heterocycles. The number of rotatable bonds is 5. The molecule has 0 bridgehead atoms. The van der Waals surface area contributed by atoms with Crippen LogP contribution in [0.1, 0.15) is 31.2 Å². The van der Waals surface area contributed by atoms with E-state index in [1.165, 1.54) is 0 Å². The van der Waals surface area contributed by atoms with Crippen molar-refractivity contribution >= 4 is 35.8 Å². The average molecular weight is 400 g/mol. The van der Waals surface area contributed by atoms with Crippen molar-refractivity contribution in [2.75, 3.05) is 32.7 Å². The molecule has 7 heteroatoms. The first-order valence-electron chi connectivity index (χ1n) is 9.12. The highest BCUT2D eigenvalue weighted by Crippen LogP contribution is 2.19. The van der Waals surface area contributed by atoms with Gasteiger partial charge >= 0.3 is 0 Å². The summed E-state index contributed by atoms with van der Waals surface area (Å²) >= 11 is 6.00. The quantitative estimate of drug-likeness (QED) is 0.827. The molecule has 0 radical (unpaired) electrons. The first-order chi connectivity index (χ1) is 12.1. The van der Waals surface area contributed by atoms with E-state index in [1.807, 2.05) is 29.2 Å². The number of piperazine rings is 1. The molecule has 2 aliphatic rings. The van der Waals surface area contributed by atoms with Gasteiger partial charge in [0.1, 0.15) is 0 Å². The van der Waals surface area contributed by atoms with E-state index < -0.39 is 0 Å². The number of hydrogen-bond acceptors (Lipinski definition) is 3. The summed E-state index contributed by atoms with van der Waals surface area (Å²) < 4.78 is 0.